The highest BCUT2D eigenvalue weighted by molar-refractivity contribution is 5.82. The summed E-state index contributed by atoms with van der Waals surface area (Å²) in [6, 6.07) is 0. The van der Waals surface area contributed by atoms with Crippen molar-refractivity contribution in [3.8, 4) is 0 Å². The van der Waals surface area contributed by atoms with Gasteiger partial charge >= 0.3 is 0 Å². The predicted octanol–water partition coefficient (Wildman–Crippen LogP) is 0.981. The molecule has 0 aromatic carbocycles. The lowest BCUT2D eigenvalue weighted by Gasteiger charge is -2.33. The van der Waals surface area contributed by atoms with E-state index in [9.17, 15) is 18.4 Å². The number of nitrogens with two attached hydrogens (primary N) is 1. The van der Waals surface area contributed by atoms with Crippen LogP contribution in [0.15, 0.2) is 0 Å². The molecule has 7 heteroatoms. The van der Waals surface area contributed by atoms with Crippen molar-refractivity contribution < 1.29 is 18.4 Å². The summed E-state index contributed by atoms with van der Waals surface area (Å²) < 4.78 is 26.1. The third-order valence-corrected chi connectivity index (χ3v) is 3.96. The summed E-state index contributed by atoms with van der Waals surface area (Å²) in [5, 5.41) is 2.24. The zero-order chi connectivity index (χ0) is 16.0. The molecule has 2 amide bonds. The van der Waals surface area contributed by atoms with Crippen molar-refractivity contribution in [2.45, 2.75) is 39.0 Å². The predicted molar refractivity (Wildman–Crippen MR) is 75.8 cm³/mol. The highest BCUT2D eigenvalue weighted by atomic mass is 19.3. The van der Waals surface area contributed by atoms with Crippen molar-refractivity contribution in [1.82, 2.24) is 10.2 Å². The Morgan fingerprint density at radius 3 is 2.71 bits per heavy atom. The van der Waals surface area contributed by atoms with Gasteiger partial charge in [-0.15, -0.1) is 0 Å². The lowest BCUT2D eigenvalue weighted by atomic mass is 9.95. The third-order valence-electron chi connectivity index (χ3n) is 3.96. The number of carbonyl (C=O) groups excluding carboxylic acids is 2. The van der Waals surface area contributed by atoms with Crippen LogP contribution < -0.4 is 11.1 Å². The second kappa shape index (κ2) is 7.68. The van der Waals surface area contributed by atoms with E-state index in [1.54, 1.807) is 4.90 Å². The Labute approximate surface area is 124 Å². The number of carbonyl (C=O) groups is 2. The zero-order valence-corrected chi connectivity index (χ0v) is 12.7. The van der Waals surface area contributed by atoms with E-state index in [1.165, 1.54) is 0 Å². The SMILES string of the molecule is CCC(C)C(=O)N1CCCC(C(=O)NCC(F)(F)CN)C1. The van der Waals surface area contributed by atoms with E-state index in [4.69, 9.17) is 5.73 Å². The minimum absolute atomic E-state index is 0.0299. The second-order valence-electron chi connectivity index (χ2n) is 5.71. The Morgan fingerprint density at radius 2 is 2.14 bits per heavy atom. The van der Waals surface area contributed by atoms with Crippen LogP contribution in [0.5, 0.6) is 0 Å². The number of nitrogens with one attached hydrogen (secondary N) is 1. The second-order valence-corrected chi connectivity index (χ2v) is 5.71. The van der Waals surface area contributed by atoms with Crippen molar-refractivity contribution in [3.05, 3.63) is 0 Å². The summed E-state index contributed by atoms with van der Waals surface area (Å²) in [6.07, 6.45) is 2.08. The highest BCUT2D eigenvalue weighted by Gasteiger charge is 2.32. The van der Waals surface area contributed by atoms with Crippen LogP contribution in [0.2, 0.25) is 0 Å². The first-order valence-electron chi connectivity index (χ1n) is 7.45. The van der Waals surface area contributed by atoms with E-state index < -0.39 is 30.8 Å². The van der Waals surface area contributed by atoms with E-state index >= 15 is 0 Å². The van der Waals surface area contributed by atoms with E-state index in [0.717, 1.165) is 6.42 Å². The topological polar surface area (TPSA) is 75.4 Å². The minimum atomic E-state index is -3.09. The van der Waals surface area contributed by atoms with Crippen LogP contribution >= 0.6 is 0 Å². The van der Waals surface area contributed by atoms with Gasteiger partial charge in [0.25, 0.3) is 5.92 Å². The number of alkyl halides is 2. The summed E-state index contributed by atoms with van der Waals surface area (Å²) in [4.78, 5) is 25.7. The normalized spacial score (nSPS) is 21.0. The van der Waals surface area contributed by atoms with Gasteiger partial charge in [0.15, 0.2) is 0 Å². The van der Waals surface area contributed by atoms with Gasteiger partial charge in [-0.1, -0.05) is 13.8 Å². The minimum Gasteiger partial charge on any atom is -0.350 e. The van der Waals surface area contributed by atoms with E-state index in [-0.39, 0.29) is 11.8 Å². The molecule has 1 rings (SSSR count). The lowest BCUT2D eigenvalue weighted by molar-refractivity contribution is -0.139. The first-order chi connectivity index (χ1) is 9.80. The maximum Gasteiger partial charge on any atom is 0.277 e. The standard InChI is InChI=1S/C14H25F2N3O2/c1-3-10(2)13(21)19-6-4-5-11(7-19)12(20)18-9-14(15,16)8-17/h10-11H,3-9,17H2,1-2H3,(H,18,20). The number of hydrogen-bond donors (Lipinski definition) is 2. The monoisotopic (exact) mass is 305 g/mol. The fourth-order valence-electron chi connectivity index (χ4n) is 2.31. The summed E-state index contributed by atoms with van der Waals surface area (Å²) in [7, 11) is 0. The average molecular weight is 305 g/mol. The summed E-state index contributed by atoms with van der Waals surface area (Å²) in [6.45, 7) is 3.18. The zero-order valence-electron chi connectivity index (χ0n) is 12.7. The average Bonchev–Trinajstić information content (AvgIpc) is 2.51. The molecule has 1 saturated heterocycles. The van der Waals surface area contributed by atoms with E-state index in [0.29, 0.717) is 25.9 Å². The molecule has 0 radical (unpaired) electrons. The van der Waals surface area contributed by atoms with E-state index in [1.807, 2.05) is 13.8 Å². The van der Waals surface area contributed by atoms with Crippen LogP contribution in [0.4, 0.5) is 8.78 Å². The van der Waals surface area contributed by atoms with Gasteiger partial charge in [0.2, 0.25) is 11.8 Å². The van der Waals surface area contributed by atoms with E-state index in [2.05, 4.69) is 5.32 Å². The molecule has 122 valence electrons. The first-order valence-corrected chi connectivity index (χ1v) is 7.45. The molecule has 21 heavy (non-hydrogen) atoms. The van der Waals surface area contributed by atoms with Gasteiger partial charge in [-0.25, -0.2) is 8.78 Å². The molecule has 5 nitrogen and oxygen atoms in total. The molecule has 2 atom stereocenters. The molecular formula is C14H25F2N3O2. The molecular weight excluding hydrogens is 280 g/mol. The van der Waals surface area contributed by atoms with Gasteiger partial charge < -0.3 is 16.0 Å². The van der Waals surface area contributed by atoms with Crippen LogP contribution in [0.1, 0.15) is 33.1 Å². The van der Waals surface area contributed by atoms with Gasteiger partial charge in [0.05, 0.1) is 19.0 Å². The number of likely N-dealkylation sites (tertiary alicyclic amines) is 1. The molecule has 0 spiro atoms. The van der Waals surface area contributed by atoms with Crippen molar-refractivity contribution >= 4 is 11.8 Å². The smallest absolute Gasteiger partial charge is 0.277 e. The molecule has 0 aromatic rings. The number of hydrogen-bond acceptors (Lipinski definition) is 3. The third kappa shape index (κ3) is 5.22. The number of amides is 2. The number of nitrogens with zero attached hydrogens (tertiary/aromatic N) is 1. The van der Waals surface area contributed by atoms with Gasteiger partial charge in [-0.2, -0.15) is 0 Å². The first kappa shape index (κ1) is 17.8. The molecule has 3 N–H and O–H groups in total. The van der Waals surface area contributed by atoms with Crippen molar-refractivity contribution in [2.75, 3.05) is 26.2 Å². The fraction of sp³-hybridized carbons (Fsp3) is 0.857. The van der Waals surface area contributed by atoms with Crippen molar-refractivity contribution in [2.24, 2.45) is 17.6 Å². The quantitative estimate of drug-likeness (QED) is 0.768. The Bertz CT molecular complexity index is 377. The van der Waals surface area contributed by atoms with Crippen LogP contribution in [0.25, 0.3) is 0 Å². The molecule has 1 heterocycles. The largest absolute Gasteiger partial charge is 0.350 e. The van der Waals surface area contributed by atoms with Crippen LogP contribution in [-0.4, -0.2) is 48.8 Å². The van der Waals surface area contributed by atoms with Gasteiger partial charge in [0.1, 0.15) is 0 Å². The maximum atomic E-state index is 13.0. The molecule has 1 aliphatic rings. The van der Waals surface area contributed by atoms with Crippen molar-refractivity contribution in [1.29, 1.82) is 0 Å². The lowest BCUT2D eigenvalue weighted by Crippen LogP contribution is -2.49. The Hall–Kier alpha value is -1.24. The Balaban J connectivity index is 2.52. The molecule has 0 aromatic heterocycles. The highest BCUT2D eigenvalue weighted by Crippen LogP contribution is 2.20. The Morgan fingerprint density at radius 1 is 1.48 bits per heavy atom. The maximum absolute atomic E-state index is 13.0. The fourth-order valence-corrected chi connectivity index (χ4v) is 2.31. The summed E-state index contributed by atoms with van der Waals surface area (Å²) >= 11 is 0. The Kier molecular flexibility index (Phi) is 6.51. The summed E-state index contributed by atoms with van der Waals surface area (Å²) in [5.41, 5.74) is 4.93. The number of halogens is 2. The van der Waals surface area contributed by atoms with Gasteiger partial charge in [0, 0.05) is 19.0 Å². The van der Waals surface area contributed by atoms with Crippen LogP contribution in [0.3, 0.4) is 0 Å². The molecule has 0 saturated carbocycles. The number of piperidine rings is 1. The molecule has 0 bridgehead atoms. The van der Waals surface area contributed by atoms with Crippen molar-refractivity contribution in [3.63, 3.8) is 0 Å². The van der Waals surface area contributed by atoms with Crippen LogP contribution in [0, 0.1) is 11.8 Å². The van der Waals surface area contributed by atoms with Crippen LogP contribution in [-0.2, 0) is 9.59 Å². The number of rotatable bonds is 6. The van der Waals surface area contributed by atoms with Gasteiger partial charge in [-0.05, 0) is 19.3 Å². The molecule has 1 aliphatic heterocycles. The molecule has 2 unspecified atom stereocenters. The molecule has 1 fully saturated rings. The molecule has 0 aliphatic carbocycles. The summed E-state index contributed by atoms with van der Waals surface area (Å²) in [5.74, 6) is -3.97. The van der Waals surface area contributed by atoms with Gasteiger partial charge in [-0.3, -0.25) is 9.59 Å².